The molecular weight excluding hydrogens is 348 g/mol. The number of carbonyl (C=O) groups is 1. The van der Waals surface area contributed by atoms with Crippen LogP contribution in [0.5, 0.6) is 0 Å². The minimum Gasteiger partial charge on any atom is -0.392 e. The molecule has 2 aliphatic heterocycles. The van der Waals surface area contributed by atoms with Crippen molar-refractivity contribution in [3.63, 3.8) is 0 Å². The van der Waals surface area contributed by atoms with Crippen molar-refractivity contribution in [1.29, 1.82) is 0 Å². The second-order valence-corrected chi connectivity index (χ2v) is 8.15. The monoisotopic (exact) mass is 378 g/mol. The fourth-order valence-electron chi connectivity index (χ4n) is 4.51. The molecule has 2 aliphatic rings. The lowest BCUT2D eigenvalue weighted by atomic mass is 9.90. The van der Waals surface area contributed by atoms with Crippen LogP contribution in [-0.4, -0.2) is 59.6 Å². The van der Waals surface area contributed by atoms with E-state index in [9.17, 15) is 9.90 Å². The molecule has 148 valence electrons. The molecule has 0 bridgehead atoms. The van der Waals surface area contributed by atoms with Gasteiger partial charge in [-0.05, 0) is 68.0 Å². The van der Waals surface area contributed by atoms with Crippen LogP contribution in [0.25, 0.3) is 11.1 Å². The quantitative estimate of drug-likeness (QED) is 0.863. The zero-order valence-electron chi connectivity index (χ0n) is 16.5. The van der Waals surface area contributed by atoms with Crippen molar-refractivity contribution in [1.82, 2.24) is 9.80 Å². The Kier molecular flexibility index (Phi) is 6.08. The number of hydrogen-bond donors (Lipinski definition) is 1. The van der Waals surface area contributed by atoms with Gasteiger partial charge in [-0.15, -0.1) is 0 Å². The van der Waals surface area contributed by atoms with E-state index in [1.165, 1.54) is 12.8 Å². The Bertz CT molecular complexity index is 778. The lowest BCUT2D eigenvalue weighted by Crippen LogP contribution is -2.44. The van der Waals surface area contributed by atoms with Gasteiger partial charge < -0.3 is 14.9 Å². The third-order valence-corrected chi connectivity index (χ3v) is 6.23. The maximum absolute atomic E-state index is 13.0. The highest BCUT2D eigenvalue weighted by Crippen LogP contribution is 2.25. The van der Waals surface area contributed by atoms with Gasteiger partial charge in [0.15, 0.2) is 0 Å². The van der Waals surface area contributed by atoms with E-state index in [0.717, 1.165) is 62.3 Å². The first-order valence-corrected chi connectivity index (χ1v) is 10.6. The smallest absolute Gasteiger partial charge is 0.253 e. The number of carbonyl (C=O) groups excluding carboxylic acids is 1. The number of nitrogens with zero attached hydrogens (tertiary/aromatic N) is 2. The topological polar surface area (TPSA) is 43.8 Å². The van der Waals surface area contributed by atoms with Crippen LogP contribution in [0.1, 0.15) is 36.0 Å². The van der Waals surface area contributed by atoms with Crippen LogP contribution in [0.4, 0.5) is 0 Å². The van der Waals surface area contributed by atoms with Crippen molar-refractivity contribution in [2.24, 2.45) is 5.92 Å². The molecular formula is C24H30N2O2. The summed E-state index contributed by atoms with van der Waals surface area (Å²) in [7, 11) is 0. The van der Waals surface area contributed by atoms with E-state index in [1.54, 1.807) is 0 Å². The van der Waals surface area contributed by atoms with Crippen molar-refractivity contribution in [3.8, 4) is 11.1 Å². The number of amides is 1. The highest BCUT2D eigenvalue weighted by atomic mass is 16.3. The molecule has 1 N–H and O–H groups in total. The molecule has 4 nitrogen and oxygen atoms in total. The molecule has 1 unspecified atom stereocenters. The molecule has 0 saturated carbocycles. The zero-order valence-corrected chi connectivity index (χ0v) is 16.5. The van der Waals surface area contributed by atoms with Gasteiger partial charge in [-0.1, -0.05) is 42.5 Å². The van der Waals surface area contributed by atoms with Crippen LogP contribution >= 0.6 is 0 Å². The molecule has 1 amide bonds. The predicted octanol–water partition coefficient (Wildman–Crippen LogP) is 3.66. The molecule has 2 saturated heterocycles. The number of piperidine rings is 1. The van der Waals surface area contributed by atoms with E-state index in [0.29, 0.717) is 5.92 Å². The van der Waals surface area contributed by atoms with Crippen LogP contribution in [0, 0.1) is 5.92 Å². The lowest BCUT2D eigenvalue weighted by molar-refractivity contribution is 0.0326. The standard InChI is InChI=1S/C24H30N2O2/c27-23(18-25-13-4-5-14-25)20-11-15-26(16-12-20)24(28)22-10-6-9-21(17-22)19-7-2-1-3-8-19/h1-3,6-10,17,20,23,27H,4-5,11-16,18H2. The summed E-state index contributed by atoms with van der Waals surface area (Å²) in [5, 5.41) is 10.6. The summed E-state index contributed by atoms with van der Waals surface area (Å²) in [5.41, 5.74) is 2.95. The molecule has 4 rings (SSSR count). The Balaban J connectivity index is 1.35. The molecule has 2 heterocycles. The first-order chi connectivity index (χ1) is 13.7. The molecule has 2 aromatic carbocycles. The van der Waals surface area contributed by atoms with Crippen LogP contribution in [-0.2, 0) is 0 Å². The third kappa shape index (κ3) is 4.45. The summed E-state index contributed by atoms with van der Waals surface area (Å²) in [6.45, 7) is 4.49. The maximum atomic E-state index is 13.0. The molecule has 0 spiro atoms. The Labute approximate surface area is 167 Å². The summed E-state index contributed by atoms with van der Waals surface area (Å²) < 4.78 is 0. The van der Waals surface area contributed by atoms with Gasteiger partial charge in [-0.2, -0.15) is 0 Å². The van der Waals surface area contributed by atoms with Gasteiger partial charge in [0.05, 0.1) is 6.10 Å². The second kappa shape index (κ2) is 8.89. The van der Waals surface area contributed by atoms with Crippen molar-refractivity contribution in [2.75, 3.05) is 32.7 Å². The van der Waals surface area contributed by atoms with Gasteiger partial charge in [-0.3, -0.25) is 4.79 Å². The van der Waals surface area contributed by atoms with Crippen molar-refractivity contribution in [3.05, 3.63) is 60.2 Å². The number of aliphatic hydroxyl groups excluding tert-OH is 1. The highest BCUT2D eigenvalue weighted by molar-refractivity contribution is 5.95. The fourth-order valence-corrected chi connectivity index (χ4v) is 4.51. The average Bonchev–Trinajstić information content (AvgIpc) is 3.27. The first-order valence-electron chi connectivity index (χ1n) is 10.6. The Morgan fingerprint density at radius 2 is 1.61 bits per heavy atom. The van der Waals surface area contributed by atoms with E-state index in [4.69, 9.17) is 0 Å². The average molecular weight is 379 g/mol. The van der Waals surface area contributed by atoms with Gasteiger partial charge in [0.2, 0.25) is 0 Å². The number of β-amino-alcohol motifs (C(OH)–C–C–N with tert-alkyl or cyclic N) is 1. The number of likely N-dealkylation sites (tertiary alicyclic amines) is 2. The van der Waals surface area contributed by atoms with Crippen LogP contribution in [0.15, 0.2) is 54.6 Å². The molecule has 0 aliphatic carbocycles. The molecule has 0 radical (unpaired) electrons. The fraction of sp³-hybridized carbons (Fsp3) is 0.458. The van der Waals surface area contributed by atoms with E-state index in [-0.39, 0.29) is 12.0 Å². The predicted molar refractivity (Wildman–Crippen MR) is 112 cm³/mol. The minimum atomic E-state index is -0.267. The SMILES string of the molecule is O=C(c1cccc(-c2ccccc2)c1)N1CCC(C(O)CN2CCCC2)CC1. The molecule has 28 heavy (non-hydrogen) atoms. The molecule has 4 heteroatoms. The summed E-state index contributed by atoms with van der Waals surface area (Å²) in [6.07, 6.45) is 4.01. The Hall–Kier alpha value is -2.17. The van der Waals surface area contributed by atoms with Gasteiger partial charge in [0.25, 0.3) is 5.91 Å². The summed E-state index contributed by atoms with van der Waals surface area (Å²) >= 11 is 0. The van der Waals surface area contributed by atoms with Crippen molar-refractivity contribution < 1.29 is 9.90 Å². The maximum Gasteiger partial charge on any atom is 0.253 e. The molecule has 1 atom stereocenters. The lowest BCUT2D eigenvalue weighted by Gasteiger charge is -2.35. The zero-order chi connectivity index (χ0) is 19.3. The summed E-state index contributed by atoms with van der Waals surface area (Å²) in [6, 6.07) is 18.1. The number of rotatable bonds is 5. The van der Waals surface area contributed by atoms with Gasteiger partial charge in [0, 0.05) is 25.2 Å². The Morgan fingerprint density at radius 3 is 2.32 bits per heavy atom. The van der Waals surface area contributed by atoms with E-state index in [2.05, 4.69) is 17.0 Å². The number of aliphatic hydroxyl groups is 1. The summed E-state index contributed by atoms with van der Waals surface area (Å²) in [4.78, 5) is 17.3. The van der Waals surface area contributed by atoms with Crippen LogP contribution < -0.4 is 0 Å². The molecule has 0 aromatic heterocycles. The minimum absolute atomic E-state index is 0.102. The largest absolute Gasteiger partial charge is 0.392 e. The van der Waals surface area contributed by atoms with Crippen molar-refractivity contribution >= 4 is 5.91 Å². The number of hydrogen-bond acceptors (Lipinski definition) is 3. The normalized spacial score (nSPS) is 19.7. The van der Waals surface area contributed by atoms with E-state index < -0.39 is 0 Å². The molecule has 2 fully saturated rings. The second-order valence-electron chi connectivity index (χ2n) is 8.15. The van der Waals surface area contributed by atoms with Crippen LogP contribution in [0.2, 0.25) is 0 Å². The van der Waals surface area contributed by atoms with Gasteiger partial charge >= 0.3 is 0 Å². The molecule has 2 aromatic rings. The van der Waals surface area contributed by atoms with E-state index >= 15 is 0 Å². The van der Waals surface area contributed by atoms with Gasteiger partial charge in [-0.25, -0.2) is 0 Å². The van der Waals surface area contributed by atoms with Crippen LogP contribution in [0.3, 0.4) is 0 Å². The Morgan fingerprint density at radius 1 is 0.929 bits per heavy atom. The first kappa shape index (κ1) is 19.2. The summed E-state index contributed by atoms with van der Waals surface area (Å²) in [5.74, 6) is 0.408. The van der Waals surface area contributed by atoms with Gasteiger partial charge in [0.1, 0.15) is 0 Å². The number of benzene rings is 2. The van der Waals surface area contributed by atoms with Crippen molar-refractivity contribution in [2.45, 2.75) is 31.8 Å². The third-order valence-electron chi connectivity index (χ3n) is 6.23. The highest BCUT2D eigenvalue weighted by Gasteiger charge is 2.29. The van der Waals surface area contributed by atoms with E-state index in [1.807, 2.05) is 47.4 Å².